The molecule has 1 amide bonds. The van der Waals surface area contributed by atoms with Crippen molar-refractivity contribution in [3.8, 4) is 0 Å². The van der Waals surface area contributed by atoms with E-state index in [1.54, 1.807) is 6.07 Å². The van der Waals surface area contributed by atoms with Crippen molar-refractivity contribution in [2.45, 2.75) is 45.8 Å². The first kappa shape index (κ1) is 15.8. The number of anilines is 1. The Labute approximate surface area is 129 Å². The number of nitrogens with one attached hydrogen (secondary N) is 1. The summed E-state index contributed by atoms with van der Waals surface area (Å²) in [5, 5.41) is 3.30. The minimum atomic E-state index is -0.491. The molecule has 1 aromatic heterocycles. The lowest BCUT2D eigenvalue weighted by Crippen LogP contribution is -2.40. The Bertz CT molecular complexity index is 510. The Balaban J connectivity index is 1.93. The van der Waals surface area contributed by atoms with Gasteiger partial charge in [-0.3, -0.25) is 0 Å². The molecule has 2 rings (SSSR count). The monoisotopic (exact) mass is 312 g/mol. The Kier molecular flexibility index (Phi) is 4.56. The van der Waals surface area contributed by atoms with Gasteiger partial charge in [0.25, 0.3) is 0 Å². The summed E-state index contributed by atoms with van der Waals surface area (Å²) in [6.07, 6.45) is 0.436. The lowest BCUT2D eigenvalue weighted by atomic mass is 10.2. The molecule has 1 aliphatic rings. The zero-order chi connectivity index (χ0) is 15.6. The molecular weight excluding hydrogens is 292 g/mol. The van der Waals surface area contributed by atoms with Crippen LogP contribution in [-0.2, 0) is 4.74 Å². The quantitative estimate of drug-likeness (QED) is 0.850. The fourth-order valence-electron chi connectivity index (χ4n) is 2.19. The molecule has 0 saturated carbocycles. The van der Waals surface area contributed by atoms with Gasteiger partial charge < -0.3 is 15.0 Å². The number of aromatic nitrogens is 2. The third kappa shape index (κ3) is 4.74. The number of rotatable bonds is 2. The first-order valence-electron chi connectivity index (χ1n) is 6.98. The normalized spacial score (nSPS) is 18.7. The summed E-state index contributed by atoms with van der Waals surface area (Å²) in [5.41, 5.74) is 0.337. The van der Waals surface area contributed by atoms with Crippen LogP contribution in [0.4, 0.5) is 10.7 Å². The average molecular weight is 313 g/mol. The predicted octanol–water partition coefficient (Wildman–Crippen LogP) is 2.54. The highest BCUT2D eigenvalue weighted by molar-refractivity contribution is 6.29. The summed E-state index contributed by atoms with van der Waals surface area (Å²) >= 11 is 5.95. The molecule has 1 saturated heterocycles. The smallest absolute Gasteiger partial charge is 0.407 e. The summed E-state index contributed by atoms with van der Waals surface area (Å²) in [4.78, 5) is 22.4. The summed E-state index contributed by atoms with van der Waals surface area (Å²) < 4.78 is 5.26. The molecule has 21 heavy (non-hydrogen) atoms. The van der Waals surface area contributed by atoms with E-state index in [9.17, 15) is 4.79 Å². The van der Waals surface area contributed by atoms with Crippen molar-refractivity contribution in [2.75, 3.05) is 18.0 Å². The summed E-state index contributed by atoms with van der Waals surface area (Å²) in [5.74, 6) is 0.605. The lowest BCUT2D eigenvalue weighted by molar-refractivity contribution is 0.0509. The molecule has 116 valence electrons. The van der Waals surface area contributed by atoms with Crippen molar-refractivity contribution >= 4 is 23.6 Å². The third-order valence-electron chi connectivity index (χ3n) is 3.00. The van der Waals surface area contributed by atoms with Crippen molar-refractivity contribution in [1.82, 2.24) is 15.3 Å². The number of aryl methyl sites for hydroxylation is 1. The van der Waals surface area contributed by atoms with E-state index in [1.165, 1.54) is 0 Å². The van der Waals surface area contributed by atoms with Crippen LogP contribution in [0.1, 0.15) is 32.9 Å². The highest BCUT2D eigenvalue weighted by Gasteiger charge is 2.27. The largest absolute Gasteiger partial charge is 0.444 e. The van der Waals surface area contributed by atoms with Gasteiger partial charge in [-0.15, -0.1) is 0 Å². The number of carbonyl (C=O) groups excluding carboxylic acids is 1. The number of alkyl carbamates (subject to hydrolysis) is 1. The first-order chi connectivity index (χ1) is 9.73. The minimum absolute atomic E-state index is 0.0303. The maximum Gasteiger partial charge on any atom is 0.407 e. The van der Waals surface area contributed by atoms with Crippen LogP contribution in [0.25, 0.3) is 0 Å². The second kappa shape index (κ2) is 6.05. The second-order valence-electron chi connectivity index (χ2n) is 6.21. The number of ether oxygens (including phenoxy) is 1. The zero-order valence-corrected chi connectivity index (χ0v) is 13.6. The van der Waals surface area contributed by atoms with E-state index in [1.807, 2.05) is 32.6 Å². The Hall–Kier alpha value is -1.56. The van der Waals surface area contributed by atoms with Crippen LogP contribution >= 0.6 is 11.6 Å². The van der Waals surface area contributed by atoms with Crippen LogP contribution in [-0.4, -0.2) is 40.8 Å². The van der Waals surface area contributed by atoms with Gasteiger partial charge in [0.15, 0.2) is 0 Å². The van der Waals surface area contributed by atoms with Gasteiger partial charge in [-0.05, 0) is 40.2 Å². The van der Waals surface area contributed by atoms with Crippen molar-refractivity contribution in [1.29, 1.82) is 0 Å². The van der Waals surface area contributed by atoms with E-state index in [4.69, 9.17) is 16.3 Å². The first-order valence-corrected chi connectivity index (χ1v) is 7.36. The van der Waals surface area contributed by atoms with Gasteiger partial charge in [0.05, 0.1) is 6.04 Å². The van der Waals surface area contributed by atoms with Crippen molar-refractivity contribution in [3.63, 3.8) is 0 Å². The highest BCUT2D eigenvalue weighted by Crippen LogP contribution is 2.19. The molecule has 2 heterocycles. The van der Waals surface area contributed by atoms with Gasteiger partial charge in [-0.25, -0.2) is 14.8 Å². The maximum atomic E-state index is 11.8. The standard InChI is InChI=1S/C14H21ClN4O2/c1-9-7-11(15)18-12(16-9)19-6-5-10(8-19)17-13(20)21-14(2,3)4/h7,10H,5-6,8H2,1-4H3,(H,17,20). The number of hydrogen-bond donors (Lipinski definition) is 1. The average Bonchev–Trinajstić information content (AvgIpc) is 2.73. The molecular formula is C14H21ClN4O2. The number of nitrogens with zero attached hydrogens (tertiary/aromatic N) is 3. The van der Waals surface area contributed by atoms with E-state index < -0.39 is 11.7 Å². The van der Waals surface area contributed by atoms with Crippen molar-refractivity contribution in [2.24, 2.45) is 0 Å². The van der Waals surface area contributed by atoms with Crippen LogP contribution in [0, 0.1) is 6.92 Å². The molecule has 0 radical (unpaired) electrons. The Morgan fingerprint density at radius 2 is 2.19 bits per heavy atom. The molecule has 0 bridgehead atoms. The van der Waals surface area contributed by atoms with Crippen LogP contribution in [0.2, 0.25) is 5.15 Å². The minimum Gasteiger partial charge on any atom is -0.444 e. The molecule has 1 fully saturated rings. The van der Waals surface area contributed by atoms with E-state index in [2.05, 4.69) is 15.3 Å². The van der Waals surface area contributed by atoms with E-state index in [0.717, 1.165) is 18.7 Å². The molecule has 1 N–H and O–H groups in total. The van der Waals surface area contributed by atoms with Gasteiger partial charge in [-0.2, -0.15) is 0 Å². The van der Waals surface area contributed by atoms with Crippen LogP contribution in [0.15, 0.2) is 6.07 Å². The molecule has 6 nitrogen and oxygen atoms in total. The van der Waals surface area contributed by atoms with E-state index >= 15 is 0 Å². The van der Waals surface area contributed by atoms with Gasteiger partial charge >= 0.3 is 6.09 Å². The Morgan fingerprint density at radius 1 is 1.48 bits per heavy atom. The van der Waals surface area contributed by atoms with Crippen molar-refractivity contribution in [3.05, 3.63) is 16.9 Å². The van der Waals surface area contributed by atoms with Gasteiger partial charge in [0.1, 0.15) is 10.8 Å². The molecule has 7 heteroatoms. The highest BCUT2D eigenvalue weighted by atomic mass is 35.5. The molecule has 1 atom stereocenters. The number of carbonyl (C=O) groups is 1. The van der Waals surface area contributed by atoms with E-state index in [0.29, 0.717) is 17.6 Å². The zero-order valence-electron chi connectivity index (χ0n) is 12.8. The maximum absolute atomic E-state index is 11.8. The number of amides is 1. The van der Waals surface area contributed by atoms with Crippen LogP contribution < -0.4 is 10.2 Å². The third-order valence-corrected chi connectivity index (χ3v) is 3.20. The number of hydrogen-bond acceptors (Lipinski definition) is 5. The number of halogens is 1. The molecule has 1 aromatic rings. The fraction of sp³-hybridized carbons (Fsp3) is 0.643. The van der Waals surface area contributed by atoms with Crippen LogP contribution in [0.3, 0.4) is 0 Å². The lowest BCUT2D eigenvalue weighted by Gasteiger charge is -2.22. The molecule has 0 aliphatic carbocycles. The summed E-state index contributed by atoms with van der Waals surface area (Å²) in [6, 6.07) is 1.75. The van der Waals surface area contributed by atoms with Crippen LogP contribution in [0.5, 0.6) is 0 Å². The second-order valence-corrected chi connectivity index (χ2v) is 6.60. The van der Waals surface area contributed by atoms with Gasteiger partial charge in [0.2, 0.25) is 5.95 Å². The Morgan fingerprint density at radius 3 is 2.81 bits per heavy atom. The SMILES string of the molecule is Cc1cc(Cl)nc(N2CCC(NC(=O)OC(C)(C)C)C2)n1. The molecule has 0 aromatic carbocycles. The summed E-state index contributed by atoms with van der Waals surface area (Å²) in [7, 11) is 0. The van der Waals surface area contributed by atoms with Crippen molar-refractivity contribution < 1.29 is 9.53 Å². The van der Waals surface area contributed by atoms with Gasteiger partial charge in [-0.1, -0.05) is 11.6 Å². The molecule has 1 unspecified atom stereocenters. The molecule has 1 aliphatic heterocycles. The molecule has 0 spiro atoms. The summed E-state index contributed by atoms with van der Waals surface area (Å²) in [6.45, 7) is 8.84. The fourth-order valence-corrected chi connectivity index (χ4v) is 2.42. The van der Waals surface area contributed by atoms with E-state index in [-0.39, 0.29) is 6.04 Å². The topological polar surface area (TPSA) is 67.4 Å². The predicted molar refractivity (Wildman–Crippen MR) is 81.8 cm³/mol. The van der Waals surface area contributed by atoms with Gasteiger partial charge in [0, 0.05) is 18.8 Å².